The number of hydrogen-bond acceptors (Lipinski definition) is 1. The van der Waals surface area contributed by atoms with E-state index in [-0.39, 0.29) is 5.01 Å². The van der Waals surface area contributed by atoms with Crippen LogP contribution in [0.3, 0.4) is 0 Å². The molecule has 17 heavy (non-hydrogen) atoms. The van der Waals surface area contributed by atoms with E-state index >= 15 is 0 Å². The maximum Gasteiger partial charge on any atom is 0.153 e. The van der Waals surface area contributed by atoms with Crippen molar-refractivity contribution in [3.05, 3.63) is 42.5 Å². The summed E-state index contributed by atoms with van der Waals surface area (Å²) >= 11 is 3.56. The van der Waals surface area contributed by atoms with Gasteiger partial charge in [-0.1, -0.05) is 44.2 Å². The van der Waals surface area contributed by atoms with Gasteiger partial charge in [0.1, 0.15) is 5.75 Å². The third-order valence-electron chi connectivity index (χ3n) is 2.64. The summed E-state index contributed by atoms with van der Waals surface area (Å²) in [4.78, 5) is 0. The van der Waals surface area contributed by atoms with E-state index in [1.165, 1.54) is 10.8 Å². The zero-order valence-corrected chi connectivity index (χ0v) is 11.8. The zero-order valence-electron chi connectivity index (χ0n) is 10.2. The van der Waals surface area contributed by atoms with Crippen LogP contribution in [-0.2, 0) is 0 Å². The van der Waals surface area contributed by atoms with Crippen LogP contribution in [0.5, 0.6) is 5.75 Å². The average Bonchev–Trinajstić information content (AvgIpc) is 2.27. The van der Waals surface area contributed by atoms with E-state index in [1.54, 1.807) is 0 Å². The summed E-state index contributed by atoms with van der Waals surface area (Å²) in [5.41, 5.74) is 0. The molecule has 2 aromatic carbocycles. The molecule has 2 rings (SSSR count). The Morgan fingerprint density at radius 1 is 1.06 bits per heavy atom. The summed E-state index contributed by atoms with van der Waals surface area (Å²) in [5.74, 6) is 1.55. The molecule has 0 heterocycles. The minimum absolute atomic E-state index is 0.0867. The minimum atomic E-state index is 0.0867. The lowest BCUT2D eigenvalue weighted by Crippen LogP contribution is -2.10. The molecule has 0 spiro atoms. The van der Waals surface area contributed by atoms with E-state index in [2.05, 4.69) is 60.1 Å². The van der Waals surface area contributed by atoms with Crippen molar-refractivity contribution in [2.75, 3.05) is 0 Å². The molecule has 0 radical (unpaired) electrons. The highest BCUT2D eigenvalue weighted by Gasteiger charge is 2.08. The van der Waals surface area contributed by atoms with Gasteiger partial charge >= 0.3 is 0 Å². The monoisotopic (exact) mass is 292 g/mol. The number of rotatable bonds is 4. The number of ether oxygens (including phenoxy) is 1. The first-order valence-electron chi connectivity index (χ1n) is 5.94. The second-order valence-electron chi connectivity index (χ2n) is 4.67. The van der Waals surface area contributed by atoms with Gasteiger partial charge in [0.05, 0.1) is 0 Å². The molecule has 2 aromatic rings. The van der Waals surface area contributed by atoms with Gasteiger partial charge in [-0.05, 0) is 51.2 Å². The number of fused-ring (bicyclic) bond motifs is 1. The van der Waals surface area contributed by atoms with Crippen LogP contribution in [-0.4, -0.2) is 5.01 Å². The van der Waals surface area contributed by atoms with Gasteiger partial charge in [0, 0.05) is 0 Å². The minimum Gasteiger partial charge on any atom is -0.479 e. The molecule has 90 valence electrons. The van der Waals surface area contributed by atoms with Crippen LogP contribution in [0.25, 0.3) is 10.8 Å². The summed E-state index contributed by atoms with van der Waals surface area (Å²) in [6, 6.07) is 14.5. The number of halogens is 1. The Hall–Kier alpha value is -1.02. The first-order chi connectivity index (χ1) is 8.15. The van der Waals surface area contributed by atoms with Crippen LogP contribution < -0.4 is 4.74 Å². The number of alkyl halides is 1. The van der Waals surface area contributed by atoms with Crippen molar-refractivity contribution in [3.63, 3.8) is 0 Å². The summed E-state index contributed by atoms with van der Waals surface area (Å²) in [6.45, 7) is 4.38. The van der Waals surface area contributed by atoms with Gasteiger partial charge in [-0.25, -0.2) is 0 Å². The molecule has 0 aromatic heterocycles. The normalized spacial score (nSPS) is 12.9. The van der Waals surface area contributed by atoms with Crippen molar-refractivity contribution in [3.8, 4) is 5.75 Å². The molecule has 0 fully saturated rings. The molecule has 0 saturated carbocycles. The smallest absolute Gasteiger partial charge is 0.153 e. The first-order valence-corrected chi connectivity index (χ1v) is 6.86. The lowest BCUT2D eigenvalue weighted by atomic mass is 10.1. The number of benzene rings is 2. The molecule has 0 N–H and O–H groups in total. The Labute approximate surface area is 111 Å². The SMILES string of the molecule is CC(C)CC(Br)Oc1ccc2ccccc2c1. The third kappa shape index (κ3) is 3.47. The van der Waals surface area contributed by atoms with Gasteiger partial charge in [0.25, 0.3) is 0 Å². The Balaban J connectivity index is 2.14. The van der Waals surface area contributed by atoms with E-state index in [0.717, 1.165) is 12.2 Å². The topological polar surface area (TPSA) is 9.23 Å². The van der Waals surface area contributed by atoms with Crippen molar-refractivity contribution in [1.29, 1.82) is 0 Å². The lowest BCUT2D eigenvalue weighted by molar-refractivity contribution is 0.263. The van der Waals surface area contributed by atoms with Crippen molar-refractivity contribution in [2.45, 2.75) is 25.3 Å². The van der Waals surface area contributed by atoms with Crippen molar-refractivity contribution < 1.29 is 4.74 Å². The van der Waals surface area contributed by atoms with E-state index in [0.29, 0.717) is 5.92 Å². The van der Waals surface area contributed by atoms with Gasteiger partial charge < -0.3 is 4.74 Å². The molecular weight excluding hydrogens is 276 g/mol. The molecule has 1 atom stereocenters. The largest absolute Gasteiger partial charge is 0.479 e. The van der Waals surface area contributed by atoms with E-state index < -0.39 is 0 Å². The Bertz CT molecular complexity index is 493. The van der Waals surface area contributed by atoms with Crippen LogP contribution in [0.2, 0.25) is 0 Å². The fourth-order valence-corrected chi connectivity index (χ4v) is 2.77. The van der Waals surface area contributed by atoms with Crippen LogP contribution >= 0.6 is 15.9 Å². The average molecular weight is 293 g/mol. The molecule has 0 aliphatic carbocycles. The highest BCUT2D eigenvalue weighted by Crippen LogP contribution is 2.24. The van der Waals surface area contributed by atoms with Gasteiger partial charge in [0.2, 0.25) is 0 Å². The van der Waals surface area contributed by atoms with Crippen LogP contribution in [0, 0.1) is 5.92 Å². The summed E-state index contributed by atoms with van der Waals surface area (Å²) in [7, 11) is 0. The highest BCUT2D eigenvalue weighted by atomic mass is 79.9. The molecule has 0 saturated heterocycles. The summed E-state index contributed by atoms with van der Waals surface area (Å²) in [5, 5.41) is 2.55. The molecule has 0 aliphatic rings. The molecule has 1 nitrogen and oxygen atoms in total. The molecule has 0 bridgehead atoms. The van der Waals surface area contributed by atoms with Gasteiger partial charge in [-0.15, -0.1) is 0 Å². The molecular formula is C15H17BrO. The van der Waals surface area contributed by atoms with Crippen molar-refractivity contribution in [2.24, 2.45) is 5.92 Å². The Morgan fingerprint density at radius 3 is 2.47 bits per heavy atom. The summed E-state index contributed by atoms with van der Waals surface area (Å²) < 4.78 is 5.85. The van der Waals surface area contributed by atoms with Crippen molar-refractivity contribution >= 4 is 26.7 Å². The van der Waals surface area contributed by atoms with Gasteiger partial charge in [-0.2, -0.15) is 0 Å². The van der Waals surface area contributed by atoms with Gasteiger partial charge in [-0.3, -0.25) is 0 Å². The quantitative estimate of drug-likeness (QED) is 0.722. The Kier molecular flexibility index (Phi) is 4.06. The predicted octanol–water partition coefficient (Wildman–Crippen LogP) is 4.99. The third-order valence-corrected chi connectivity index (χ3v) is 3.20. The number of hydrogen-bond donors (Lipinski definition) is 0. The van der Waals surface area contributed by atoms with E-state index in [1.807, 2.05) is 12.1 Å². The molecule has 1 unspecified atom stereocenters. The maximum absolute atomic E-state index is 5.85. The Morgan fingerprint density at radius 2 is 1.76 bits per heavy atom. The van der Waals surface area contributed by atoms with Crippen LogP contribution in [0.15, 0.2) is 42.5 Å². The van der Waals surface area contributed by atoms with E-state index in [9.17, 15) is 0 Å². The fraction of sp³-hybridized carbons (Fsp3) is 0.333. The zero-order chi connectivity index (χ0) is 12.3. The predicted molar refractivity (Wildman–Crippen MR) is 76.7 cm³/mol. The van der Waals surface area contributed by atoms with E-state index in [4.69, 9.17) is 4.74 Å². The molecule has 0 aliphatic heterocycles. The fourth-order valence-electron chi connectivity index (χ4n) is 1.81. The van der Waals surface area contributed by atoms with Crippen LogP contribution in [0.1, 0.15) is 20.3 Å². The van der Waals surface area contributed by atoms with Gasteiger partial charge in [0.15, 0.2) is 5.01 Å². The maximum atomic E-state index is 5.85. The molecule has 0 amide bonds. The van der Waals surface area contributed by atoms with Crippen molar-refractivity contribution in [1.82, 2.24) is 0 Å². The second kappa shape index (κ2) is 5.54. The standard InChI is InChI=1S/C15H17BrO/c1-11(2)9-15(16)17-14-8-7-12-5-3-4-6-13(12)10-14/h3-8,10-11,15H,9H2,1-2H3. The lowest BCUT2D eigenvalue weighted by Gasteiger charge is -2.15. The van der Waals surface area contributed by atoms with Crippen LogP contribution in [0.4, 0.5) is 0 Å². The second-order valence-corrected chi connectivity index (χ2v) is 5.69. The summed E-state index contributed by atoms with van der Waals surface area (Å²) in [6.07, 6.45) is 1.01. The first kappa shape index (κ1) is 12.4. The molecule has 2 heteroatoms. The highest BCUT2D eigenvalue weighted by molar-refractivity contribution is 9.09.